The number of anilines is 1. The summed E-state index contributed by atoms with van der Waals surface area (Å²) in [5.74, 6) is 0. The first-order valence-corrected chi connectivity index (χ1v) is 7.32. The third-order valence-corrected chi connectivity index (χ3v) is 4.21. The molecule has 0 aliphatic carbocycles. The lowest BCUT2D eigenvalue weighted by Gasteiger charge is -2.32. The van der Waals surface area contributed by atoms with Gasteiger partial charge in [0.2, 0.25) is 0 Å². The van der Waals surface area contributed by atoms with Crippen LogP contribution in [0.5, 0.6) is 0 Å². The molecule has 1 aliphatic heterocycles. The van der Waals surface area contributed by atoms with Gasteiger partial charge in [-0.15, -0.1) is 0 Å². The van der Waals surface area contributed by atoms with E-state index in [1.807, 2.05) is 0 Å². The van der Waals surface area contributed by atoms with Gasteiger partial charge in [-0.1, -0.05) is 6.92 Å². The first-order valence-electron chi connectivity index (χ1n) is 6.53. The maximum absolute atomic E-state index is 10.7. The largest absolute Gasteiger partial charge is 0.381 e. The number of nitrogens with zero attached hydrogens (tertiary/aromatic N) is 2. The van der Waals surface area contributed by atoms with Gasteiger partial charge in [0.15, 0.2) is 0 Å². The first kappa shape index (κ1) is 14.3. The average molecular weight is 328 g/mol. The summed E-state index contributed by atoms with van der Waals surface area (Å²) in [5.41, 5.74) is 1.04. The number of hydrogen-bond donors (Lipinski definition) is 1. The van der Waals surface area contributed by atoms with Crippen molar-refractivity contribution in [3.63, 3.8) is 0 Å². The first-order chi connectivity index (χ1) is 9.10. The Morgan fingerprint density at radius 2 is 2.16 bits per heavy atom. The molecule has 0 radical (unpaired) electrons. The molecule has 1 aromatic rings. The van der Waals surface area contributed by atoms with E-state index in [1.165, 1.54) is 6.07 Å². The molecule has 0 atom stereocenters. The summed E-state index contributed by atoms with van der Waals surface area (Å²) in [7, 11) is 0. The van der Waals surface area contributed by atoms with Crippen LogP contribution in [-0.4, -0.2) is 35.5 Å². The number of rotatable bonds is 4. The van der Waals surface area contributed by atoms with Crippen molar-refractivity contribution in [2.75, 3.05) is 25.0 Å². The van der Waals surface area contributed by atoms with Crippen molar-refractivity contribution in [1.82, 2.24) is 4.90 Å². The number of nitro groups is 1. The van der Waals surface area contributed by atoms with Gasteiger partial charge >= 0.3 is 0 Å². The minimum absolute atomic E-state index is 0.109. The van der Waals surface area contributed by atoms with E-state index in [4.69, 9.17) is 0 Å². The van der Waals surface area contributed by atoms with E-state index in [2.05, 4.69) is 33.1 Å². The van der Waals surface area contributed by atoms with Crippen molar-refractivity contribution in [3.05, 3.63) is 32.8 Å². The molecule has 19 heavy (non-hydrogen) atoms. The maximum atomic E-state index is 10.7. The zero-order chi connectivity index (χ0) is 13.8. The van der Waals surface area contributed by atoms with Crippen molar-refractivity contribution in [2.24, 2.45) is 0 Å². The van der Waals surface area contributed by atoms with E-state index in [0.717, 1.165) is 42.6 Å². The summed E-state index contributed by atoms with van der Waals surface area (Å²) in [5, 5.41) is 14.1. The summed E-state index contributed by atoms with van der Waals surface area (Å²) in [6.45, 7) is 5.51. The maximum Gasteiger partial charge on any atom is 0.270 e. The molecule has 0 spiro atoms. The molecule has 1 fully saturated rings. The Morgan fingerprint density at radius 1 is 1.47 bits per heavy atom. The summed E-state index contributed by atoms with van der Waals surface area (Å²) in [6, 6.07) is 5.30. The highest BCUT2D eigenvalue weighted by molar-refractivity contribution is 9.10. The van der Waals surface area contributed by atoms with Crippen LogP contribution in [0.15, 0.2) is 22.7 Å². The molecule has 6 heteroatoms. The van der Waals surface area contributed by atoms with Crippen LogP contribution in [0.3, 0.4) is 0 Å². The average Bonchev–Trinajstić information content (AvgIpc) is 2.41. The number of non-ortho nitro benzene ring substituents is 1. The predicted molar refractivity (Wildman–Crippen MR) is 79.6 cm³/mol. The lowest BCUT2D eigenvalue weighted by Crippen LogP contribution is -2.38. The lowest BCUT2D eigenvalue weighted by atomic mass is 10.0. The molecule has 0 saturated carbocycles. The SMILES string of the molecule is CCN1CCC(Nc2ccc([N+](=O)[O-])cc2Br)CC1. The highest BCUT2D eigenvalue weighted by Crippen LogP contribution is 2.28. The zero-order valence-electron chi connectivity index (χ0n) is 10.9. The molecular formula is C13H18BrN3O2. The molecule has 1 saturated heterocycles. The minimum Gasteiger partial charge on any atom is -0.381 e. The van der Waals surface area contributed by atoms with E-state index in [9.17, 15) is 10.1 Å². The second-order valence-electron chi connectivity index (χ2n) is 4.77. The Balaban J connectivity index is 1.98. The molecule has 0 aromatic heterocycles. The number of nitrogens with one attached hydrogen (secondary N) is 1. The lowest BCUT2D eigenvalue weighted by molar-refractivity contribution is -0.384. The van der Waals surface area contributed by atoms with Gasteiger partial charge in [0.1, 0.15) is 0 Å². The van der Waals surface area contributed by atoms with E-state index in [-0.39, 0.29) is 10.6 Å². The molecule has 1 N–H and O–H groups in total. The van der Waals surface area contributed by atoms with Gasteiger partial charge in [-0.05, 0) is 41.4 Å². The number of likely N-dealkylation sites (tertiary alicyclic amines) is 1. The Bertz CT molecular complexity index is 459. The summed E-state index contributed by atoms with van der Waals surface area (Å²) < 4.78 is 0.750. The smallest absolute Gasteiger partial charge is 0.270 e. The number of piperidine rings is 1. The number of nitro benzene ring substituents is 1. The molecule has 104 valence electrons. The van der Waals surface area contributed by atoms with Crippen LogP contribution in [0, 0.1) is 10.1 Å². The Labute approximate surface area is 121 Å². The van der Waals surface area contributed by atoms with Crippen molar-refractivity contribution in [3.8, 4) is 0 Å². The molecule has 1 aromatic carbocycles. The van der Waals surface area contributed by atoms with E-state index < -0.39 is 0 Å². The predicted octanol–water partition coefficient (Wildman–Crippen LogP) is 3.25. The van der Waals surface area contributed by atoms with Crippen LogP contribution < -0.4 is 5.32 Å². The van der Waals surface area contributed by atoms with Crippen LogP contribution in [0.25, 0.3) is 0 Å². The van der Waals surface area contributed by atoms with Crippen molar-refractivity contribution in [2.45, 2.75) is 25.8 Å². The van der Waals surface area contributed by atoms with Crippen molar-refractivity contribution < 1.29 is 4.92 Å². The third-order valence-electron chi connectivity index (χ3n) is 3.56. The highest BCUT2D eigenvalue weighted by Gasteiger charge is 2.19. The second kappa shape index (κ2) is 6.34. The van der Waals surface area contributed by atoms with Crippen LogP contribution in [0.1, 0.15) is 19.8 Å². The molecule has 5 nitrogen and oxygen atoms in total. The zero-order valence-corrected chi connectivity index (χ0v) is 12.5. The van der Waals surface area contributed by atoms with Gasteiger partial charge in [-0.3, -0.25) is 10.1 Å². The Morgan fingerprint density at radius 3 is 2.68 bits per heavy atom. The van der Waals surface area contributed by atoms with E-state index >= 15 is 0 Å². The van der Waals surface area contributed by atoms with Crippen LogP contribution in [0.2, 0.25) is 0 Å². The summed E-state index contributed by atoms with van der Waals surface area (Å²) in [6.07, 6.45) is 2.22. The Kier molecular flexibility index (Phi) is 4.76. The number of hydrogen-bond acceptors (Lipinski definition) is 4. The van der Waals surface area contributed by atoms with Gasteiger partial charge in [0, 0.05) is 41.4 Å². The molecule has 2 rings (SSSR count). The Hall–Kier alpha value is -1.14. The standard InChI is InChI=1S/C13H18BrN3O2/c1-2-16-7-5-10(6-8-16)15-13-4-3-11(17(18)19)9-12(13)14/h3-4,9-10,15H,2,5-8H2,1H3. The summed E-state index contributed by atoms with van der Waals surface area (Å²) >= 11 is 3.39. The van der Waals surface area contributed by atoms with E-state index in [1.54, 1.807) is 12.1 Å². The van der Waals surface area contributed by atoms with Gasteiger partial charge in [0.25, 0.3) is 5.69 Å². The molecule has 1 aliphatic rings. The minimum atomic E-state index is -0.381. The van der Waals surface area contributed by atoms with Gasteiger partial charge in [-0.25, -0.2) is 0 Å². The van der Waals surface area contributed by atoms with Crippen LogP contribution >= 0.6 is 15.9 Å². The van der Waals surface area contributed by atoms with E-state index in [0.29, 0.717) is 6.04 Å². The fraction of sp³-hybridized carbons (Fsp3) is 0.538. The normalized spacial score (nSPS) is 17.4. The fourth-order valence-corrected chi connectivity index (χ4v) is 2.83. The number of benzene rings is 1. The summed E-state index contributed by atoms with van der Waals surface area (Å²) in [4.78, 5) is 12.7. The molecule has 0 bridgehead atoms. The molecule has 0 amide bonds. The van der Waals surface area contributed by atoms with Crippen molar-refractivity contribution in [1.29, 1.82) is 0 Å². The van der Waals surface area contributed by atoms with Gasteiger partial charge in [-0.2, -0.15) is 0 Å². The monoisotopic (exact) mass is 327 g/mol. The second-order valence-corrected chi connectivity index (χ2v) is 5.63. The quantitative estimate of drug-likeness (QED) is 0.681. The highest BCUT2D eigenvalue weighted by atomic mass is 79.9. The van der Waals surface area contributed by atoms with Crippen LogP contribution in [0.4, 0.5) is 11.4 Å². The topological polar surface area (TPSA) is 58.4 Å². The molecule has 0 unspecified atom stereocenters. The van der Waals surface area contributed by atoms with Crippen LogP contribution in [-0.2, 0) is 0 Å². The fourth-order valence-electron chi connectivity index (χ4n) is 2.35. The molecular weight excluding hydrogens is 310 g/mol. The third kappa shape index (κ3) is 3.67. The van der Waals surface area contributed by atoms with Crippen molar-refractivity contribution >= 4 is 27.3 Å². The number of halogens is 1. The van der Waals surface area contributed by atoms with Gasteiger partial charge in [0.05, 0.1) is 4.92 Å². The molecule has 1 heterocycles. The van der Waals surface area contributed by atoms with Gasteiger partial charge < -0.3 is 10.2 Å².